The van der Waals surface area contributed by atoms with E-state index in [4.69, 9.17) is 17.5 Å². The topological polar surface area (TPSA) is 141 Å². The van der Waals surface area contributed by atoms with E-state index in [9.17, 15) is 14.7 Å². The van der Waals surface area contributed by atoms with Crippen LogP contribution >= 0.6 is 0 Å². The molecular weight excluding hydrogens is 590 g/mol. The van der Waals surface area contributed by atoms with E-state index in [1.807, 2.05) is 0 Å². The number of nitrogens with one attached hydrogen (secondary N) is 1. The van der Waals surface area contributed by atoms with Crippen molar-refractivity contribution >= 4 is 22.0 Å². The molecule has 270 valence electrons. The molecule has 0 spiro atoms. The summed E-state index contributed by atoms with van der Waals surface area (Å²) in [5, 5.41) is 12.8. The Hall–Kier alpha value is -0.870. The Balaban J connectivity index is 0. The van der Waals surface area contributed by atoms with Crippen molar-refractivity contribution in [1.82, 2.24) is 5.32 Å². The summed E-state index contributed by atoms with van der Waals surface area (Å²) in [5.41, 5.74) is -1.26. The Labute approximate surface area is 278 Å². The number of aliphatic hydroxyl groups excluding tert-OH is 1. The van der Waals surface area contributed by atoms with Gasteiger partial charge in [-0.15, -0.1) is 0 Å². The minimum absolute atomic E-state index is 0.0591. The van der Waals surface area contributed by atoms with Gasteiger partial charge in [-0.3, -0.25) is 24.0 Å². The molecule has 0 saturated carbocycles. The van der Waals surface area contributed by atoms with Crippen molar-refractivity contribution in [1.29, 1.82) is 0 Å². The maximum Gasteiger partial charge on any atom is 0.394 e. The number of carbonyl (C=O) groups is 2. The minimum atomic E-state index is -4.67. The monoisotopic (exact) mass is 664 g/mol. The molecule has 0 amide bonds. The van der Waals surface area contributed by atoms with Gasteiger partial charge in [0.05, 0.1) is 0 Å². The van der Waals surface area contributed by atoms with Crippen LogP contribution in [0.2, 0.25) is 0 Å². The minimum Gasteiger partial charge on any atom is -0.379 e. The third kappa shape index (κ3) is 34.3. The van der Waals surface area contributed by atoms with Gasteiger partial charge in [-0.1, -0.05) is 168 Å². The summed E-state index contributed by atoms with van der Waals surface area (Å²) in [6, 6.07) is 0. The molecule has 1 unspecified atom stereocenters. The van der Waals surface area contributed by atoms with Gasteiger partial charge < -0.3 is 5.11 Å². The van der Waals surface area contributed by atoms with Crippen LogP contribution in [0.25, 0.3) is 0 Å². The highest BCUT2D eigenvalue weighted by molar-refractivity contribution is 7.79. The zero-order chi connectivity index (χ0) is 34.2. The molecule has 0 aromatic heterocycles. The average Bonchev–Trinajstić information content (AvgIpc) is 2.96. The fourth-order valence-corrected chi connectivity index (χ4v) is 5.84. The first-order valence-corrected chi connectivity index (χ1v) is 20.0. The summed E-state index contributed by atoms with van der Waals surface area (Å²) in [5.74, 6) is -0.118. The highest BCUT2D eigenvalue weighted by atomic mass is 32.3. The van der Waals surface area contributed by atoms with Crippen molar-refractivity contribution in [2.45, 2.75) is 219 Å². The lowest BCUT2D eigenvalue weighted by Gasteiger charge is -2.30. The van der Waals surface area contributed by atoms with E-state index < -0.39 is 22.2 Å². The molecule has 0 aliphatic heterocycles. The number of unbranched alkanes of at least 4 members (excludes halogenated alkanes) is 24. The molecule has 45 heavy (non-hydrogen) atoms. The second kappa shape index (κ2) is 31.7. The highest BCUT2D eigenvalue weighted by Gasteiger charge is 2.39. The van der Waals surface area contributed by atoms with Crippen LogP contribution in [0.15, 0.2) is 0 Å². The van der Waals surface area contributed by atoms with Gasteiger partial charge in [-0.25, -0.2) is 0 Å². The number of rotatable bonds is 32. The van der Waals surface area contributed by atoms with Gasteiger partial charge in [0, 0.05) is 12.8 Å². The molecule has 0 aliphatic rings. The van der Waals surface area contributed by atoms with E-state index in [1.54, 1.807) is 13.8 Å². The SMILES string of the molecule is CCCCCCCCCCCCCCCC(=O)C(C)(NC(C)O)C(=O)CCCCCCCCCCCCCCC.O=S(=O)(O)O. The molecule has 0 heterocycles. The lowest BCUT2D eigenvalue weighted by molar-refractivity contribution is -0.137. The van der Waals surface area contributed by atoms with Crippen molar-refractivity contribution < 1.29 is 32.2 Å². The van der Waals surface area contributed by atoms with E-state index in [2.05, 4.69) is 19.2 Å². The molecule has 8 nitrogen and oxygen atoms in total. The van der Waals surface area contributed by atoms with Crippen LogP contribution < -0.4 is 5.32 Å². The fourth-order valence-electron chi connectivity index (χ4n) is 5.84. The summed E-state index contributed by atoms with van der Waals surface area (Å²) in [6.45, 7) is 7.81. The second-order valence-electron chi connectivity index (χ2n) is 13.2. The average molecular weight is 664 g/mol. The number of aliphatic hydroxyl groups is 1. The standard InChI is InChI=1S/C36H71NO3.H2O4S/c1-5-7-9-11-13-15-17-19-21-23-25-27-29-31-34(39)36(4,37-33(3)38)35(40)32-30-28-26-24-22-20-18-16-14-12-10-8-6-2;1-5(2,3)4/h33,37-38H,5-32H2,1-4H3;(H2,1,2,3,4). The Morgan fingerprint density at radius 3 is 0.933 bits per heavy atom. The van der Waals surface area contributed by atoms with Crippen LogP contribution in [0, 0.1) is 0 Å². The molecule has 0 radical (unpaired) electrons. The Bertz CT molecular complexity index is 736. The summed E-state index contributed by atoms with van der Waals surface area (Å²) in [6.07, 6.45) is 33.0. The largest absolute Gasteiger partial charge is 0.394 e. The Morgan fingerprint density at radius 2 is 0.733 bits per heavy atom. The van der Waals surface area contributed by atoms with Crippen LogP contribution in [-0.2, 0) is 20.0 Å². The second-order valence-corrected chi connectivity index (χ2v) is 14.1. The predicted octanol–water partition coefficient (Wildman–Crippen LogP) is 10.1. The third-order valence-corrected chi connectivity index (χ3v) is 8.63. The number of Topliss-reactive ketones (excluding diaryl/α,β-unsaturated/α-hetero) is 2. The zero-order valence-electron chi connectivity index (χ0n) is 29.8. The first-order valence-electron chi connectivity index (χ1n) is 18.6. The van der Waals surface area contributed by atoms with Crippen LogP contribution in [-0.4, -0.2) is 46.0 Å². The van der Waals surface area contributed by atoms with Crippen molar-refractivity contribution in [3.05, 3.63) is 0 Å². The van der Waals surface area contributed by atoms with Gasteiger partial charge in [-0.05, 0) is 26.7 Å². The van der Waals surface area contributed by atoms with Crippen molar-refractivity contribution in [2.75, 3.05) is 0 Å². The van der Waals surface area contributed by atoms with Gasteiger partial charge >= 0.3 is 10.4 Å². The summed E-state index contributed by atoms with van der Waals surface area (Å²) in [4.78, 5) is 26.2. The molecule has 9 heteroatoms. The number of carbonyl (C=O) groups excluding carboxylic acids is 2. The molecule has 0 aromatic carbocycles. The van der Waals surface area contributed by atoms with Gasteiger partial charge in [0.25, 0.3) is 0 Å². The summed E-state index contributed by atoms with van der Waals surface area (Å²) in [7, 11) is -4.67. The normalized spacial score (nSPS) is 12.5. The lowest BCUT2D eigenvalue weighted by atomic mass is 9.85. The maximum atomic E-state index is 13.1. The smallest absolute Gasteiger partial charge is 0.379 e. The van der Waals surface area contributed by atoms with Crippen LogP contribution in [0.3, 0.4) is 0 Å². The van der Waals surface area contributed by atoms with Crippen LogP contribution in [0.4, 0.5) is 0 Å². The highest BCUT2D eigenvalue weighted by Crippen LogP contribution is 2.20. The fraction of sp³-hybridized carbons (Fsp3) is 0.944. The van der Waals surface area contributed by atoms with E-state index in [0.29, 0.717) is 12.8 Å². The van der Waals surface area contributed by atoms with E-state index in [0.717, 1.165) is 38.5 Å². The van der Waals surface area contributed by atoms with Gasteiger partial charge in [0.1, 0.15) is 11.8 Å². The summed E-state index contributed by atoms with van der Waals surface area (Å²) >= 11 is 0. The molecule has 0 saturated heterocycles. The molecular formula is C36H73NO7S. The maximum absolute atomic E-state index is 13.1. The van der Waals surface area contributed by atoms with Gasteiger partial charge in [0.2, 0.25) is 0 Å². The van der Waals surface area contributed by atoms with Crippen LogP contribution in [0.1, 0.15) is 207 Å². The van der Waals surface area contributed by atoms with Gasteiger partial charge in [0.15, 0.2) is 11.6 Å². The first kappa shape index (κ1) is 46.2. The molecule has 0 aliphatic carbocycles. The van der Waals surface area contributed by atoms with Crippen molar-refractivity contribution in [2.24, 2.45) is 0 Å². The van der Waals surface area contributed by atoms with Gasteiger partial charge in [-0.2, -0.15) is 8.42 Å². The van der Waals surface area contributed by atoms with E-state index in [-0.39, 0.29) is 11.6 Å². The summed E-state index contributed by atoms with van der Waals surface area (Å²) < 4.78 is 31.6. The number of hydrogen-bond acceptors (Lipinski definition) is 6. The van der Waals surface area contributed by atoms with Crippen molar-refractivity contribution in [3.63, 3.8) is 0 Å². The van der Waals surface area contributed by atoms with E-state index in [1.165, 1.54) is 128 Å². The number of ketones is 2. The molecule has 0 fully saturated rings. The van der Waals surface area contributed by atoms with Crippen LogP contribution in [0.5, 0.6) is 0 Å². The lowest BCUT2D eigenvalue weighted by Crippen LogP contribution is -2.58. The third-order valence-electron chi connectivity index (χ3n) is 8.63. The molecule has 0 bridgehead atoms. The quantitative estimate of drug-likeness (QED) is 0.0241. The molecule has 0 rings (SSSR count). The van der Waals surface area contributed by atoms with E-state index >= 15 is 0 Å². The number of hydrogen-bond donors (Lipinski definition) is 4. The Morgan fingerprint density at radius 1 is 0.533 bits per heavy atom. The zero-order valence-corrected chi connectivity index (χ0v) is 30.6. The predicted molar refractivity (Wildman–Crippen MR) is 188 cm³/mol. The van der Waals surface area contributed by atoms with Crippen molar-refractivity contribution in [3.8, 4) is 0 Å². The molecule has 4 N–H and O–H groups in total. The first-order chi connectivity index (χ1) is 21.4. The molecule has 1 atom stereocenters. The Kier molecular flexibility index (Phi) is 32.6. The molecule has 0 aromatic rings.